The van der Waals surface area contributed by atoms with Gasteiger partial charge in [-0.2, -0.15) is 0 Å². The molecule has 82 valence electrons. The van der Waals surface area contributed by atoms with E-state index < -0.39 is 0 Å². The van der Waals surface area contributed by atoms with Crippen LogP contribution in [0.4, 0.5) is 5.69 Å². The molecule has 2 rings (SSSR count). The monoisotopic (exact) mass is 281 g/mol. The van der Waals surface area contributed by atoms with Crippen molar-refractivity contribution in [3.05, 3.63) is 45.4 Å². The van der Waals surface area contributed by atoms with Crippen molar-refractivity contribution in [2.24, 2.45) is 0 Å². The topological polar surface area (TPSA) is 81.0 Å². The molecule has 6 heteroatoms. The zero-order valence-corrected chi connectivity index (χ0v) is 9.69. The largest absolute Gasteiger partial charge is 0.435 e. The fourth-order valence-electron chi connectivity index (χ4n) is 1.14. The lowest BCUT2D eigenvalue weighted by Crippen LogP contribution is -2.05. The van der Waals surface area contributed by atoms with Crippen molar-refractivity contribution in [1.29, 1.82) is 0 Å². The average Bonchev–Trinajstić information content (AvgIpc) is 2.24. The number of H-pyrrole nitrogens is 1. The number of benzene rings is 1. The van der Waals surface area contributed by atoms with Gasteiger partial charge in [-0.1, -0.05) is 6.07 Å². The van der Waals surface area contributed by atoms with Crippen molar-refractivity contribution < 1.29 is 4.74 Å². The molecule has 0 aliphatic heterocycles. The molecule has 0 spiro atoms. The smallest absolute Gasteiger partial charge is 0.254 e. The normalized spacial score (nSPS) is 10.1. The van der Waals surface area contributed by atoms with Crippen molar-refractivity contribution in [1.82, 2.24) is 9.97 Å². The fourth-order valence-corrected chi connectivity index (χ4v) is 1.61. The van der Waals surface area contributed by atoms with E-state index in [4.69, 9.17) is 10.5 Å². The molecule has 1 aromatic heterocycles. The standard InChI is InChI=1S/C10H8BrN3O2/c11-6-2-1-3-7(12)10(6)16-9-4-8(15)13-5-14-9/h1-5H,12H2,(H,13,14,15). The molecule has 5 nitrogen and oxygen atoms in total. The van der Waals surface area contributed by atoms with Crippen LogP contribution in [-0.4, -0.2) is 9.97 Å². The number of hydrogen-bond acceptors (Lipinski definition) is 4. The molecule has 0 radical (unpaired) electrons. The van der Waals surface area contributed by atoms with Gasteiger partial charge in [-0.25, -0.2) is 4.98 Å². The molecule has 1 aromatic carbocycles. The van der Waals surface area contributed by atoms with Crippen molar-refractivity contribution in [3.8, 4) is 11.6 Å². The number of nitrogens with one attached hydrogen (secondary N) is 1. The Balaban J connectivity index is 2.38. The summed E-state index contributed by atoms with van der Waals surface area (Å²) in [5, 5.41) is 0. The fraction of sp³-hybridized carbons (Fsp3) is 0. The highest BCUT2D eigenvalue weighted by atomic mass is 79.9. The molecule has 0 amide bonds. The van der Waals surface area contributed by atoms with Gasteiger partial charge in [0.05, 0.1) is 22.6 Å². The Morgan fingerprint density at radius 2 is 2.25 bits per heavy atom. The number of ether oxygens (including phenoxy) is 1. The second-order valence-corrected chi connectivity index (χ2v) is 3.86. The minimum absolute atomic E-state index is 0.197. The zero-order valence-electron chi connectivity index (χ0n) is 8.11. The summed E-state index contributed by atoms with van der Waals surface area (Å²) in [6, 6.07) is 6.53. The molecule has 16 heavy (non-hydrogen) atoms. The highest BCUT2D eigenvalue weighted by molar-refractivity contribution is 9.10. The summed E-state index contributed by atoms with van der Waals surface area (Å²) in [4.78, 5) is 17.3. The summed E-state index contributed by atoms with van der Waals surface area (Å²) in [5.41, 5.74) is 5.93. The van der Waals surface area contributed by atoms with Crippen LogP contribution in [0, 0.1) is 0 Å². The number of nitrogens with two attached hydrogens (primary N) is 1. The van der Waals surface area contributed by atoms with E-state index in [9.17, 15) is 4.79 Å². The number of hydrogen-bond donors (Lipinski definition) is 2. The number of halogens is 1. The number of rotatable bonds is 2. The van der Waals surface area contributed by atoms with E-state index in [0.717, 1.165) is 0 Å². The maximum atomic E-state index is 11.0. The van der Waals surface area contributed by atoms with E-state index >= 15 is 0 Å². The van der Waals surface area contributed by atoms with Crippen LogP contribution in [0.5, 0.6) is 11.6 Å². The SMILES string of the molecule is Nc1cccc(Br)c1Oc1cc(=O)[nH]cn1. The maximum Gasteiger partial charge on any atom is 0.254 e. The van der Waals surface area contributed by atoms with Crippen LogP contribution in [0.2, 0.25) is 0 Å². The third-order valence-corrected chi connectivity index (χ3v) is 2.48. The first kappa shape index (κ1) is 10.7. The Kier molecular flexibility index (Phi) is 2.91. The first-order valence-electron chi connectivity index (χ1n) is 4.43. The number of anilines is 1. The van der Waals surface area contributed by atoms with E-state index in [1.54, 1.807) is 18.2 Å². The molecule has 0 fully saturated rings. The summed E-state index contributed by atoms with van der Waals surface area (Å²) in [7, 11) is 0. The van der Waals surface area contributed by atoms with E-state index in [-0.39, 0.29) is 11.4 Å². The van der Waals surface area contributed by atoms with Crippen LogP contribution in [-0.2, 0) is 0 Å². The van der Waals surface area contributed by atoms with Crippen LogP contribution < -0.4 is 16.0 Å². The van der Waals surface area contributed by atoms with Gasteiger partial charge in [0.2, 0.25) is 5.88 Å². The van der Waals surface area contributed by atoms with Gasteiger partial charge in [0, 0.05) is 0 Å². The van der Waals surface area contributed by atoms with Crippen molar-refractivity contribution in [2.75, 3.05) is 5.73 Å². The summed E-state index contributed by atoms with van der Waals surface area (Å²) in [5.74, 6) is 0.642. The van der Waals surface area contributed by atoms with Gasteiger partial charge >= 0.3 is 0 Å². The second kappa shape index (κ2) is 4.36. The average molecular weight is 282 g/mol. The Morgan fingerprint density at radius 3 is 2.94 bits per heavy atom. The lowest BCUT2D eigenvalue weighted by molar-refractivity contribution is 0.460. The number of aromatic amines is 1. The molecule has 0 saturated heterocycles. The predicted molar refractivity (Wildman–Crippen MR) is 63.5 cm³/mol. The lowest BCUT2D eigenvalue weighted by Gasteiger charge is -2.08. The van der Waals surface area contributed by atoms with Crippen LogP contribution in [0.25, 0.3) is 0 Å². The summed E-state index contributed by atoms with van der Waals surface area (Å²) < 4.78 is 6.12. The van der Waals surface area contributed by atoms with Crippen molar-refractivity contribution in [3.63, 3.8) is 0 Å². The first-order chi connectivity index (χ1) is 7.66. The molecular weight excluding hydrogens is 274 g/mol. The molecule has 1 heterocycles. The molecule has 0 bridgehead atoms. The highest BCUT2D eigenvalue weighted by Crippen LogP contribution is 2.33. The van der Waals surface area contributed by atoms with E-state index in [1.165, 1.54) is 12.4 Å². The highest BCUT2D eigenvalue weighted by Gasteiger charge is 2.07. The van der Waals surface area contributed by atoms with Crippen LogP contribution in [0.3, 0.4) is 0 Å². The molecule has 0 atom stereocenters. The van der Waals surface area contributed by atoms with Gasteiger partial charge in [-0.3, -0.25) is 4.79 Å². The third kappa shape index (κ3) is 2.22. The maximum absolute atomic E-state index is 11.0. The van der Waals surface area contributed by atoms with Gasteiger partial charge in [0.1, 0.15) is 0 Å². The van der Waals surface area contributed by atoms with Crippen LogP contribution >= 0.6 is 15.9 Å². The Hall–Kier alpha value is -1.82. The third-order valence-electron chi connectivity index (χ3n) is 1.86. The molecule has 0 unspecified atom stereocenters. The molecule has 0 saturated carbocycles. The summed E-state index contributed by atoms with van der Waals surface area (Å²) in [6.07, 6.45) is 1.27. The predicted octanol–water partition coefficient (Wildman–Crippen LogP) is 1.91. The number of para-hydroxylation sites is 1. The lowest BCUT2D eigenvalue weighted by atomic mass is 10.3. The Labute approximate surface area is 99.4 Å². The van der Waals surface area contributed by atoms with Gasteiger partial charge in [0.15, 0.2) is 5.75 Å². The van der Waals surface area contributed by atoms with E-state index in [1.807, 2.05) is 0 Å². The number of aromatic nitrogens is 2. The minimum atomic E-state index is -0.282. The summed E-state index contributed by atoms with van der Waals surface area (Å²) >= 11 is 3.30. The molecule has 2 aromatic rings. The number of nitrogens with zero attached hydrogens (tertiary/aromatic N) is 1. The van der Waals surface area contributed by atoms with Crippen molar-refractivity contribution in [2.45, 2.75) is 0 Å². The zero-order chi connectivity index (χ0) is 11.5. The second-order valence-electron chi connectivity index (χ2n) is 3.01. The molecular formula is C10H8BrN3O2. The van der Waals surface area contributed by atoms with Crippen molar-refractivity contribution >= 4 is 21.6 Å². The van der Waals surface area contributed by atoms with Gasteiger partial charge in [-0.15, -0.1) is 0 Å². The quantitative estimate of drug-likeness (QED) is 0.824. The molecule has 0 aliphatic rings. The van der Waals surface area contributed by atoms with Gasteiger partial charge < -0.3 is 15.5 Å². The summed E-state index contributed by atoms with van der Waals surface area (Å²) in [6.45, 7) is 0. The van der Waals surface area contributed by atoms with Crippen LogP contribution in [0.15, 0.2) is 39.9 Å². The number of nitrogen functional groups attached to an aromatic ring is 1. The Morgan fingerprint density at radius 1 is 1.44 bits per heavy atom. The Bertz CT molecular complexity index is 548. The van der Waals surface area contributed by atoms with Gasteiger partial charge in [-0.05, 0) is 28.1 Å². The minimum Gasteiger partial charge on any atom is -0.435 e. The molecule has 3 N–H and O–H groups in total. The van der Waals surface area contributed by atoms with Crippen LogP contribution in [0.1, 0.15) is 0 Å². The van der Waals surface area contributed by atoms with E-state index in [2.05, 4.69) is 25.9 Å². The van der Waals surface area contributed by atoms with E-state index in [0.29, 0.717) is 15.9 Å². The molecule has 0 aliphatic carbocycles. The van der Waals surface area contributed by atoms with Gasteiger partial charge in [0.25, 0.3) is 5.56 Å². The first-order valence-corrected chi connectivity index (χ1v) is 5.22.